The van der Waals surface area contributed by atoms with Gasteiger partial charge in [-0.05, 0) is 38.5 Å². The van der Waals surface area contributed by atoms with Crippen LogP contribution in [0.1, 0.15) is 25.5 Å². The van der Waals surface area contributed by atoms with Gasteiger partial charge in [-0.1, -0.05) is 6.07 Å². The molecule has 16 heavy (non-hydrogen) atoms. The van der Waals surface area contributed by atoms with Crippen LogP contribution in [0.25, 0.3) is 11.4 Å². The molecule has 2 aromatic rings. The number of halogens is 1. The lowest BCUT2D eigenvalue weighted by Crippen LogP contribution is -2.02. The Morgan fingerprint density at radius 1 is 1.31 bits per heavy atom. The Bertz CT molecular complexity index is 503. The van der Waals surface area contributed by atoms with Gasteiger partial charge in [0.1, 0.15) is 12.1 Å². The third-order valence-corrected chi connectivity index (χ3v) is 2.57. The quantitative estimate of drug-likeness (QED) is 0.777. The van der Waals surface area contributed by atoms with Crippen LogP contribution in [0.4, 0.5) is 4.39 Å². The highest BCUT2D eigenvalue weighted by Crippen LogP contribution is 2.24. The Hall–Kier alpha value is -1.71. The van der Waals surface area contributed by atoms with E-state index in [2.05, 4.69) is 10.2 Å². The first kappa shape index (κ1) is 10.8. The van der Waals surface area contributed by atoms with Gasteiger partial charge in [0.25, 0.3) is 0 Å². The number of aromatic nitrogens is 3. The zero-order valence-electron chi connectivity index (χ0n) is 9.61. The molecule has 0 atom stereocenters. The molecule has 4 heteroatoms. The zero-order chi connectivity index (χ0) is 11.7. The molecule has 0 spiro atoms. The summed E-state index contributed by atoms with van der Waals surface area (Å²) in [5.74, 6) is 0.464. The van der Waals surface area contributed by atoms with Crippen LogP contribution in [0.3, 0.4) is 0 Å². The fourth-order valence-electron chi connectivity index (χ4n) is 1.65. The molecule has 1 aromatic carbocycles. The van der Waals surface area contributed by atoms with Gasteiger partial charge < -0.3 is 4.57 Å². The second-order valence-electron chi connectivity index (χ2n) is 4.11. The van der Waals surface area contributed by atoms with E-state index in [9.17, 15) is 4.39 Å². The van der Waals surface area contributed by atoms with Gasteiger partial charge in [0, 0.05) is 11.6 Å². The van der Waals surface area contributed by atoms with Crippen LogP contribution >= 0.6 is 0 Å². The van der Waals surface area contributed by atoms with E-state index in [1.165, 1.54) is 12.1 Å². The van der Waals surface area contributed by atoms with Crippen LogP contribution in [-0.2, 0) is 0 Å². The molecule has 0 aliphatic carbocycles. The standard InChI is InChI=1S/C12H14FN3/c1-8(2)16-7-14-15-12(16)11-6-10(13)5-4-9(11)3/h4-8H,1-3H3. The lowest BCUT2D eigenvalue weighted by molar-refractivity contribution is 0.602. The summed E-state index contributed by atoms with van der Waals surface area (Å²) < 4.78 is 15.1. The molecule has 0 bridgehead atoms. The molecule has 0 unspecified atom stereocenters. The van der Waals surface area contributed by atoms with Crippen molar-refractivity contribution in [2.45, 2.75) is 26.8 Å². The minimum Gasteiger partial charge on any atom is -0.311 e. The summed E-state index contributed by atoms with van der Waals surface area (Å²) >= 11 is 0. The zero-order valence-corrected chi connectivity index (χ0v) is 9.61. The van der Waals surface area contributed by atoms with Crippen LogP contribution in [0, 0.1) is 12.7 Å². The smallest absolute Gasteiger partial charge is 0.164 e. The fraction of sp³-hybridized carbons (Fsp3) is 0.333. The highest BCUT2D eigenvalue weighted by Gasteiger charge is 2.12. The average molecular weight is 219 g/mol. The summed E-state index contributed by atoms with van der Waals surface area (Å²) in [4.78, 5) is 0. The molecule has 0 saturated carbocycles. The van der Waals surface area contributed by atoms with Crippen molar-refractivity contribution in [3.63, 3.8) is 0 Å². The van der Waals surface area contributed by atoms with Gasteiger partial charge in [0.15, 0.2) is 5.82 Å². The molecule has 0 fully saturated rings. The lowest BCUT2D eigenvalue weighted by atomic mass is 10.1. The molecule has 1 heterocycles. The number of nitrogens with zero attached hydrogens (tertiary/aromatic N) is 3. The van der Waals surface area contributed by atoms with Crippen molar-refractivity contribution < 1.29 is 4.39 Å². The first-order valence-electron chi connectivity index (χ1n) is 5.25. The summed E-state index contributed by atoms with van der Waals surface area (Å²) in [7, 11) is 0. The fourth-order valence-corrected chi connectivity index (χ4v) is 1.65. The second kappa shape index (κ2) is 4.04. The van der Waals surface area contributed by atoms with Gasteiger partial charge >= 0.3 is 0 Å². The van der Waals surface area contributed by atoms with Crippen LogP contribution in [-0.4, -0.2) is 14.8 Å². The third kappa shape index (κ3) is 1.83. The Morgan fingerprint density at radius 3 is 2.75 bits per heavy atom. The molecule has 0 amide bonds. The summed E-state index contributed by atoms with van der Waals surface area (Å²) in [5, 5.41) is 7.94. The number of aryl methyl sites for hydroxylation is 1. The van der Waals surface area contributed by atoms with Crippen molar-refractivity contribution in [3.8, 4) is 11.4 Å². The van der Waals surface area contributed by atoms with Gasteiger partial charge in [-0.3, -0.25) is 0 Å². The number of hydrogen-bond donors (Lipinski definition) is 0. The summed E-state index contributed by atoms with van der Waals surface area (Å²) in [6.07, 6.45) is 1.67. The molecule has 2 rings (SSSR count). The summed E-state index contributed by atoms with van der Waals surface area (Å²) in [6, 6.07) is 4.96. The van der Waals surface area contributed by atoms with Crippen molar-refractivity contribution in [1.82, 2.24) is 14.8 Å². The largest absolute Gasteiger partial charge is 0.311 e. The number of rotatable bonds is 2. The van der Waals surface area contributed by atoms with Gasteiger partial charge in [-0.2, -0.15) is 0 Å². The Morgan fingerprint density at radius 2 is 2.06 bits per heavy atom. The molecular weight excluding hydrogens is 205 g/mol. The van der Waals surface area contributed by atoms with Gasteiger partial charge in [0.2, 0.25) is 0 Å². The van der Waals surface area contributed by atoms with Crippen molar-refractivity contribution in [1.29, 1.82) is 0 Å². The molecule has 0 N–H and O–H groups in total. The lowest BCUT2D eigenvalue weighted by Gasteiger charge is -2.11. The van der Waals surface area contributed by atoms with E-state index in [4.69, 9.17) is 0 Å². The van der Waals surface area contributed by atoms with Crippen LogP contribution in [0.5, 0.6) is 0 Å². The molecular formula is C12H14FN3. The second-order valence-corrected chi connectivity index (χ2v) is 4.11. The molecule has 3 nitrogen and oxygen atoms in total. The molecule has 0 aliphatic rings. The van der Waals surface area contributed by atoms with Crippen molar-refractivity contribution in [2.75, 3.05) is 0 Å². The molecule has 84 valence electrons. The molecule has 1 aromatic heterocycles. The van der Waals surface area contributed by atoms with Crippen LogP contribution in [0.2, 0.25) is 0 Å². The number of hydrogen-bond acceptors (Lipinski definition) is 2. The molecule has 0 aliphatic heterocycles. The first-order valence-corrected chi connectivity index (χ1v) is 5.25. The summed E-state index contributed by atoms with van der Waals surface area (Å²) in [6.45, 7) is 6.02. The van der Waals surface area contributed by atoms with E-state index in [0.717, 1.165) is 11.1 Å². The average Bonchev–Trinajstić information content (AvgIpc) is 2.70. The van der Waals surface area contributed by atoms with Crippen LogP contribution in [0.15, 0.2) is 24.5 Å². The monoisotopic (exact) mass is 219 g/mol. The molecule has 0 radical (unpaired) electrons. The van der Waals surface area contributed by atoms with Crippen molar-refractivity contribution in [3.05, 3.63) is 35.9 Å². The topological polar surface area (TPSA) is 30.7 Å². The number of benzene rings is 1. The van der Waals surface area contributed by atoms with Gasteiger partial charge in [-0.25, -0.2) is 4.39 Å². The summed E-state index contributed by atoms with van der Waals surface area (Å²) in [5.41, 5.74) is 1.79. The minimum absolute atomic E-state index is 0.251. The predicted octanol–water partition coefficient (Wildman–Crippen LogP) is 2.97. The Labute approximate surface area is 93.9 Å². The Kier molecular flexibility index (Phi) is 2.73. The predicted molar refractivity (Wildman–Crippen MR) is 60.5 cm³/mol. The minimum atomic E-state index is -0.251. The molecule has 0 saturated heterocycles. The maximum absolute atomic E-state index is 13.2. The Balaban J connectivity index is 2.58. The van der Waals surface area contributed by atoms with E-state index in [1.807, 2.05) is 25.3 Å². The van der Waals surface area contributed by atoms with Gasteiger partial charge in [-0.15, -0.1) is 10.2 Å². The maximum atomic E-state index is 13.2. The van der Waals surface area contributed by atoms with Crippen molar-refractivity contribution in [2.24, 2.45) is 0 Å². The van der Waals surface area contributed by atoms with E-state index in [0.29, 0.717) is 5.82 Å². The van der Waals surface area contributed by atoms with E-state index in [1.54, 1.807) is 12.4 Å². The van der Waals surface area contributed by atoms with Gasteiger partial charge in [0.05, 0.1) is 0 Å². The third-order valence-electron chi connectivity index (χ3n) is 2.57. The SMILES string of the molecule is Cc1ccc(F)cc1-c1nncn1C(C)C. The van der Waals surface area contributed by atoms with E-state index < -0.39 is 0 Å². The highest BCUT2D eigenvalue weighted by atomic mass is 19.1. The first-order chi connectivity index (χ1) is 7.59. The van der Waals surface area contributed by atoms with E-state index >= 15 is 0 Å². The normalized spacial score (nSPS) is 11.1. The maximum Gasteiger partial charge on any atom is 0.164 e. The van der Waals surface area contributed by atoms with Crippen molar-refractivity contribution >= 4 is 0 Å². The van der Waals surface area contributed by atoms with E-state index in [-0.39, 0.29) is 11.9 Å². The highest BCUT2D eigenvalue weighted by molar-refractivity contribution is 5.60. The van der Waals surface area contributed by atoms with Crippen LogP contribution < -0.4 is 0 Å².